The van der Waals surface area contributed by atoms with Crippen molar-refractivity contribution in [1.29, 1.82) is 0 Å². The molecule has 0 heterocycles. The van der Waals surface area contributed by atoms with Crippen LogP contribution in [-0.2, 0) is 0 Å². The molecule has 0 bridgehead atoms. The summed E-state index contributed by atoms with van der Waals surface area (Å²) < 4.78 is 15.6. The Balaban J connectivity index is 0.000000671. The zero-order valence-electron chi connectivity index (χ0n) is 8.52. The monoisotopic (exact) mass is 201 g/mol. The molecule has 1 aromatic carbocycles. The van der Waals surface area contributed by atoms with Crippen molar-refractivity contribution in [2.45, 2.75) is 20.8 Å². The maximum atomic E-state index is 12.6. The van der Waals surface area contributed by atoms with Gasteiger partial charge in [-0.1, -0.05) is 31.9 Å². The summed E-state index contributed by atoms with van der Waals surface area (Å²) in [4.78, 5) is 0. The number of benzene rings is 1. The Bertz CT molecular complexity index is 251. The summed E-state index contributed by atoms with van der Waals surface area (Å²) in [6.07, 6.45) is 1.91. The average Bonchev–Trinajstić information content (AvgIpc) is 2.15. The van der Waals surface area contributed by atoms with E-state index in [2.05, 4.69) is 4.72 Å². The number of aryl methyl sites for hydroxylation is 1. The van der Waals surface area contributed by atoms with Crippen LogP contribution in [0.4, 0.5) is 10.1 Å². The van der Waals surface area contributed by atoms with Gasteiger partial charge in [-0.3, -0.25) is 0 Å². The van der Waals surface area contributed by atoms with Gasteiger partial charge in [-0.15, -0.1) is 0 Å². The fourth-order valence-corrected chi connectivity index (χ4v) is 1.25. The van der Waals surface area contributed by atoms with Gasteiger partial charge in [0.1, 0.15) is 5.82 Å². The molecule has 3 heteroatoms. The van der Waals surface area contributed by atoms with Crippen LogP contribution in [0.1, 0.15) is 19.4 Å². The van der Waals surface area contributed by atoms with Gasteiger partial charge >= 0.3 is 0 Å². The lowest BCUT2D eigenvalue weighted by Gasteiger charge is -2.05. The Morgan fingerprint density at radius 1 is 1.31 bits per heavy atom. The van der Waals surface area contributed by atoms with Crippen molar-refractivity contribution in [2.24, 2.45) is 0 Å². The highest BCUT2D eigenvalue weighted by Gasteiger charge is 1.97. The molecule has 0 aliphatic heterocycles. The molecular formula is C10H16FNS. The molecule has 0 radical (unpaired) electrons. The van der Waals surface area contributed by atoms with Crippen LogP contribution in [0.2, 0.25) is 0 Å². The highest BCUT2D eigenvalue weighted by Crippen LogP contribution is 2.17. The first-order valence-corrected chi connectivity index (χ1v) is 5.51. The Morgan fingerprint density at radius 3 is 2.46 bits per heavy atom. The topological polar surface area (TPSA) is 12.0 Å². The van der Waals surface area contributed by atoms with Crippen LogP contribution in [-0.4, -0.2) is 6.26 Å². The van der Waals surface area contributed by atoms with Crippen LogP contribution in [0.3, 0.4) is 0 Å². The number of hydrogen-bond donors (Lipinski definition) is 1. The van der Waals surface area contributed by atoms with Gasteiger partial charge in [-0.25, -0.2) is 4.39 Å². The van der Waals surface area contributed by atoms with Crippen molar-refractivity contribution in [2.75, 3.05) is 11.0 Å². The zero-order valence-corrected chi connectivity index (χ0v) is 9.33. The number of halogens is 1. The van der Waals surface area contributed by atoms with E-state index in [4.69, 9.17) is 0 Å². The summed E-state index contributed by atoms with van der Waals surface area (Å²) in [7, 11) is 0. The van der Waals surface area contributed by atoms with E-state index in [1.807, 2.05) is 27.0 Å². The van der Waals surface area contributed by atoms with Gasteiger partial charge in [0.2, 0.25) is 0 Å². The van der Waals surface area contributed by atoms with E-state index in [9.17, 15) is 4.39 Å². The summed E-state index contributed by atoms with van der Waals surface area (Å²) >= 11 is 1.46. The maximum absolute atomic E-state index is 12.6. The Kier molecular flexibility index (Phi) is 6.41. The Morgan fingerprint density at radius 2 is 1.92 bits per heavy atom. The van der Waals surface area contributed by atoms with Gasteiger partial charge in [0.25, 0.3) is 0 Å². The summed E-state index contributed by atoms with van der Waals surface area (Å²) in [5.74, 6) is -0.202. The van der Waals surface area contributed by atoms with Crippen LogP contribution in [0.5, 0.6) is 0 Å². The van der Waals surface area contributed by atoms with Crippen LogP contribution in [0.25, 0.3) is 0 Å². The molecule has 0 fully saturated rings. The molecule has 0 saturated heterocycles. The van der Waals surface area contributed by atoms with Gasteiger partial charge in [0.05, 0.1) is 0 Å². The third-order valence-corrected chi connectivity index (χ3v) is 1.84. The van der Waals surface area contributed by atoms with Crippen molar-refractivity contribution >= 4 is 17.6 Å². The Hall–Kier alpha value is -0.700. The van der Waals surface area contributed by atoms with E-state index in [0.29, 0.717) is 0 Å². The summed E-state index contributed by atoms with van der Waals surface area (Å²) in [5.41, 5.74) is 1.90. The molecule has 1 aromatic rings. The molecule has 0 aliphatic rings. The number of rotatable bonds is 2. The molecule has 0 aliphatic carbocycles. The van der Waals surface area contributed by atoms with Crippen LogP contribution in [0.15, 0.2) is 18.2 Å². The van der Waals surface area contributed by atoms with Gasteiger partial charge in [-0.2, -0.15) is 0 Å². The maximum Gasteiger partial charge on any atom is 0.125 e. The second-order valence-electron chi connectivity index (χ2n) is 2.27. The van der Waals surface area contributed by atoms with Crippen molar-refractivity contribution in [1.82, 2.24) is 0 Å². The highest BCUT2D eigenvalue weighted by molar-refractivity contribution is 7.99. The lowest BCUT2D eigenvalue weighted by Crippen LogP contribution is -1.89. The number of anilines is 1. The lowest BCUT2D eigenvalue weighted by molar-refractivity contribution is 0.628. The van der Waals surface area contributed by atoms with Gasteiger partial charge < -0.3 is 4.72 Å². The van der Waals surface area contributed by atoms with Gasteiger partial charge in [0, 0.05) is 11.9 Å². The second kappa shape index (κ2) is 6.78. The molecule has 0 atom stereocenters. The van der Waals surface area contributed by atoms with Crippen molar-refractivity contribution in [3.63, 3.8) is 0 Å². The molecule has 1 nitrogen and oxygen atoms in total. The van der Waals surface area contributed by atoms with E-state index in [1.54, 1.807) is 6.07 Å². The predicted octanol–water partition coefficient (Wildman–Crippen LogP) is 3.85. The fourth-order valence-electron chi connectivity index (χ4n) is 0.814. The summed E-state index contributed by atoms with van der Waals surface area (Å²) in [6, 6.07) is 4.71. The normalized spacial score (nSPS) is 8.69. The van der Waals surface area contributed by atoms with Crippen molar-refractivity contribution in [3.8, 4) is 0 Å². The van der Waals surface area contributed by atoms with E-state index >= 15 is 0 Å². The predicted molar refractivity (Wildman–Crippen MR) is 59.6 cm³/mol. The Labute approximate surface area is 83.9 Å². The molecule has 1 N–H and O–H groups in total. The zero-order chi connectivity index (χ0) is 10.3. The average molecular weight is 201 g/mol. The van der Waals surface area contributed by atoms with Crippen LogP contribution >= 0.6 is 11.9 Å². The molecule has 13 heavy (non-hydrogen) atoms. The first kappa shape index (κ1) is 12.3. The summed E-state index contributed by atoms with van der Waals surface area (Å²) in [5, 5.41) is 0. The largest absolute Gasteiger partial charge is 0.330 e. The van der Waals surface area contributed by atoms with Gasteiger partial charge in [-0.05, 0) is 24.6 Å². The molecule has 0 saturated carbocycles. The smallest absolute Gasteiger partial charge is 0.125 e. The second-order valence-corrected chi connectivity index (χ2v) is 2.88. The number of nitrogens with one attached hydrogen (secondary N) is 1. The molecule has 0 spiro atoms. The minimum atomic E-state index is -0.202. The van der Waals surface area contributed by atoms with E-state index in [0.717, 1.165) is 11.3 Å². The minimum absolute atomic E-state index is 0.202. The van der Waals surface area contributed by atoms with E-state index in [-0.39, 0.29) is 5.82 Å². The lowest BCUT2D eigenvalue weighted by atomic mass is 10.2. The SMILES string of the molecule is CC.CSNc1cc(F)ccc1C. The quantitative estimate of drug-likeness (QED) is 0.729. The minimum Gasteiger partial charge on any atom is -0.330 e. The fraction of sp³-hybridized carbons (Fsp3) is 0.400. The van der Waals surface area contributed by atoms with Crippen LogP contribution < -0.4 is 4.72 Å². The third-order valence-electron chi connectivity index (χ3n) is 1.41. The van der Waals surface area contributed by atoms with Crippen LogP contribution in [0, 0.1) is 12.7 Å². The number of hydrogen-bond acceptors (Lipinski definition) is 2. The van der Waals surface area contributed by atoms with E-state index in [1.165, 1.54) is 24.1 Å². The molecule has 0 unspecified atom stereocenters. The molecule has 0 amide bonds. The first-order valence-electron chi connectivity index (χ1n) is 4.29. The molecule has 0 aromatic heterocycles. The summed E-state index contributed by atoms with van der Waals surface area (Å²) in [6.45, 7) is 5.94. The molecular weight excluding hydrogens is 185 g/mol. The highest BCUT2D eigenvalue weighted by atomic mass is 32.2. The van der Waals surface area contributed by atoms with Gasteiger partial charge in [0.15, 0.2) is 0 Å². The van der Waals surface area contributed by atoms with Crippen molar-refractivity contribution < 1.29 is 4.39 Å². The third kappa shape index (κ3) is 4.18. The standard InChI is InChI=1S/C8H10FNS.C2H6/c1-6-3-4-7(9)5-8(6)10-11-2;1-2/h3-5,10H,1-2H3;1-2H3. The van der Waals surface area contributed by atoms with Crippen molar-refractivity contribution in [3.05, 3.63) is 29.6 Å². The van der Waals surface area contributed by atoms with E-state index < -0.39 is 0 Å². The molecule has 1 rings (SSSR count). The molecule has 74 valence electrons. The first-order chi connectivity index (χ1) is 6.24.